The molecule has 0 amide bonds. The van der Waals surface area contributed by atoms with E-state index < -0.39 is 5.97 Å². The molecular weight excluding hydrogens is 264 g/mol. The molecule has 6 heteroatoms. The number of rotatable bonds is 3. The van der Waals surface area contributed by atoms with Crippen LogP contribution in [0.4, 0.5) is 0 Å². The van der Waals surface area contributed by atoms with Crippen LogP contribution in [-0.2, 0) is 0 Å². The van der Waals surface area contributed by atoms with Gasteiger partial charge in [0.25, 0.3) is 0 Å². The Kier molecular flexibility index (Phi) is 2.72. The van der Waals surface area contributed by atoms with Gasteiger partial charge in [0.05, 0.1) is 23.9 Å². The highest BCUT2D eigenvalue weighted by atomic mass is 32.1. The molecule has 0 bridgehead atoms. The first-order valence-corrected chi connectivity index (χ1v) is 6.35. The van der Waals surface area contributed by atoms with Crippen LogP contribution in [0.5, 0.6) is 5.75 Å². The lowest BCUT2D eigenvalue weighted by atomic mass is 10.2. The van der Waals surface area contributed by atoms with Crippen molar-refractivity contribution in [3.05, 3.63) is 36.0 Å². The van der Waals surface area contributed by atoms with Crippen molar-refractivity contribution in [3.63, 3.8) is 0 Å². The fourth-order valence-electron chi connectivity index (χ4n) is 1.90. The van der Waals surface area contributed by atoms with E-state index in [2.05, 4.69) is 10.2 Å². The molecule has 0 fully saturated rings. The summed E-state index contributed by atoms with van der Waals surface area (Å²) >= 11 is 1.50. The van der Waals surface area contributed by atoms with Crippen LogP contribution in [0.15, 0.2) is 30.5 Å². The Hall–Kier alpha value is -2.34. The van der Waals surface area contributed by atoms with E-state index in [4.69, 9.17) is 9.84 Å². The summed E-state index contributed by atoms with van der Waals surface area (Å²) in [6, 6.07) is 7.70. The van der Waals surface area contributed by atoms with Crippen LogP contribution >= 0.6 is 11.3 Å². The average Bonchev–Trinajstić information content (AvgIpc) is 3.03. The fraction of sp³-hybridized carbons (Fsp3) is 0.0769. The number of ether oxygens (including phenoxy) is 1. The van der Waals surface area contributed by atoms with E-state index in [0.29, 0.717) is 5.69 Å². The van der Waals surface area contributed by atoms with Gasteiger partial charge in [0.1, 0.15) is 11.3 Å². The first kappa shape index (κ1) is 11.7. The Morgan fingerprint density at radius 2 is 2.26 bits per heavy atom. The number of nitrogens with one attached hydrogen (secondary N) is 1. The molecule has 0 aliphatic carbocycles. The number of hydrogen-bond acceptors (Lipinski definition) is 4. The maximum absolute atomic E-state index is 11.1. The number of aromatic nitrogens is 2. The summed E-state index contributed by atoms with van der Waals surface area (Å²) in [7, 11) is 1.62. The van der Waals surface area contributed by atoms with Crippen molar-refractivity contribution in [1.82, 2.24) is 10.2 Å². The van der Waals surface area contributed by atoms with E-state index >= 15 is 0 Å². The van der Waals surface area contributed by atoms with Gasteiger partial charge in [-0.15, -0.1) is 11.3 Å². The van der Waals surface area contributed by atoms with Gasteiger partial charge in [-0.05, 0) is 29.7 Å². The molecule has 2 aromatic heterocycles. The van der Waals surface area contributed by atoms with E-state index in [-0.39, 0.29) is 5.56 Å². The molecule has 0 unspecified atom stereocenters. The number of carbonyl (C=O) groups is 1. The van der Waals surface area contributed by atoms with Crippen LogP contribution in [0.2, 0.25) is 0 Å². The summed E-state index contributed by atoms with van der Waals surface area (Å²) in [5.74, 6) is -0.206. The van der Waals surface area contributed by atoms with Crippen molar-refractivity contribution in [2.24, 2.45) is 0 Å². The lowest BCUT2D eigenvalue weighted by molar-refractivity contribution is 0.0698. The molecule has 19 heavy (non-hydrogen) atoms. The van der Waals surface area contributed by atoms with E-state index in [1.807, 2.05) is 24.3 Å². The zero-order chi connectivity index (χ0) is 13.4. The molecule has 0 saturated carbocycles. The van der Waals surface area contributed by atoms with Gasteiger partial charge in [-0.3, -0.25) is 5.10 Å². The number of aromatic amines is 1. The van der Waals surface area contributed by atoms with Crippen LogP contribution in [0.1, 0.15) is 10.4 Å². The number of hydrogen-bond donors (Lipinski definition) is 2. The molecule has 5 nitrogen and oxygen atoms in total. The van der Waals surface area contributed by atoms with E-state index in [1.54, 1.807) is 7.11 Å². The van der Waals surface area contributed by atoms with Gasteiger partial charge in [0, 0.05) is 4.70 Å². The maximum Gasteiger partial charge on any atom is 0.339 e. The second-order valence-corrected chi connectivity index (χ2v) is 5.06. The molecule has 3 aromatic rings. The number of benzene rings is 1. The monoisotopic (exact) mass is 274 g/mol. The Bertz CT molecular complexity index is 760. The van der Waals surface area contributed by atoms with Crippen molar-refractivity contribution in [2.75, 3.05) is 7.11 Å². The van der Waals surface area contributed by atoms with Crippen molar-refractivity contribution >= 4 is 27.4 Å². The van der Waals surface area contributed by atoms with Gasteiger partial charge < -0.3 is 9.84 Å². The Morgan fingerprint density at radius 3 is 3.00 bits per heavy atom. The third-order valence-corrected chi connectivity index (χ3v) is 3.96. The standard InChI is InChI=1S/C13H10N2O3S/c1-18-8-3-2-7-4-11(19-10(7)5-8)12-9(13(16)17)6-14-15-12/h2-6H,1H3,(H,14,15)(H,16,17). The number of fused-ring (bicyclic) bond motifs is 1. The maximum atomic E-state index is 11.1. The first-order valence-electron chi connectivity index (χ1n) is 5.53. The van der Waals surface area contributed by atoms with Gasteiger partial charge in [-0.2, -0.15) is 5.10 Å². The minimum Gasteiger partial charge on any atom is -0.497 e. The molecule has 2 heterocycles. The molecule has 1 aromatic carbocycles. The summed E-state index contributed by atoms with van der Waals surface area (Å²) in [5.41, 5.74) is 0.714. The first-order chi connectivity index (χ1) is 9.19. The van der Waals surface area contributed by atoms with Gasteiger partial charge >= 0.3 is 5.97 Å². The normalized spacial score (nSPS) is 10.8. The molecular formula is C13H10N2O3S. The zero-order valence-corrected chi connectivity index (χ0v) is 10.8. The molecule has 3 rings (SSSR count). The minimum absolute atomic E-state index is 0.179. The molecule has 0 radical (unpaired) electrons. The third kappa shape index (κ3) is 1.96. The van der Waals surface area contributed by atoms with Gasteiger partial charge in [0.15, 0.2) is 0 Å². The van der Waals surface area contributed by atoms with Crippen LogP contribution in [0.25, 0.3) is 20.7 Å². The fourth-order valence-corrected chi connectivity index (χ4v) is 3.00. The summed E-state index contributed by atoms with van der Waals surface area (Å²) in [5, 5.41) is 16.7. The van der Waals surface area contributed by atoms with Crippen LogP contribution in [0.3, 0.4) is 0 Å². The lowest BCUT2D eigenvalue weighted by Crippen LogP contribution is -1.95. The van der Waals surface area contributed by atoms with Crippen molar-refractivity contribution in [2.45, 2.75) is 0 Å². The summed E-state index contributed by atoms with van der Waals surface area (Å²) in [6.07, 6.45) is 1.32. The Balaban J connectivity index is 2.15. The van der Waals surface area contributed by atoms with Crippen molar-refractivity contribution in [3.8, 4) is 16.3 Å². The predicted molar refractivity (Wildman–Crippen MR) is 72.9 cm³/mol. The van der Waals surface area contributed by atoms with Gasteiger partial charge in [-0.25, -0.2) is 4.79 Å². The highest BCUT2D eigenvalue weighted by Crippen LogP contribution is 2.35. The average molecular weight is 274 g/mol. The van der Waals surface area contributed by atoms with E-state index in [0.717, 1.165) is 20.7 Å². The molecule has 0 aliphatic rings. The lowest BCUT2D eigenvalue weighted by Gasteiger charge is -1.97. The molecule has 2 N–H and O–H groups in total. The van der Waals surface area contributed by atoms with E-state index in [9.17, 15) is 4.79 Å². The summed E-state index contributed by atoms with van der Waals surface area (Å²) < 4.78 is 6.22. The number of carboxylic acids is 1. The molecule has 0 spiro atoms. The highest BCUT2D eigenvalue weighted by Gasteiger charge is 2.16. The number of carboxylic acid groups (broad SMARTS) is 1. The number of methoxy groups -OCH3 is 1. The second-order valence-electron chi connectivity index (χ2n) is 3.98. The van der Waals surface area contributed by atoms with E-state index in [1.165, 1.54) is 17.5 Å². The van der Waals surface area contributed by atoms with Crippen LogP contribution in [0, 0.1) is 0 Å². The molecule has 0 saturated heterocycles. The zero-order valence-electron chi connectivity index (χ0n) is 10.0. The minimum atomic E-state index is -0.987. The second kappa shape index (κ2) is 4.40. The molecule has 0 aliphatic heterocycles. The Labute approximate surface area is 112 Å². The SMILES string of the molecule is COc1ccc2cc(-c3[nH]ncc3C(=O)O)sc2c1. The molecule has 96 valence electrons. The highest BCUT2D eigenvalue weighted by molar-refractivity contribution is 7.22. The van der Waals surface area contributed by atoms with Crippen LogP contribution in [-0.4, -0.2) is 28.4 Å². The van der Waals surface area contributed by atoms with Gasteiger partial charge in [-0.1, -0.05) is 0 Å². The third-order valence-electron chi connectivity index (χ3n) is 2.84. The van der Waals surface area contributed by atoms with Crippen LogP contribution < -0.4 is 4.74 Å². The quantitative estimate of drug-likeness (QED) is 0.769. The number of H-pyrrole nitrogens is 1. The largest absolute Gasteiger partial charge is 0.497 e. The number of aromatic carboxylic acids is 1. The predicted octanol–water partition coefficient (Wildman–Crippen LogP) is 3.00. The smallest absolute Gasteiger partial charge is 0.339 e. The topological polar surface area (TPSA) is 75.2 Å². The summed E-state index contributed by atoms with van der Waals surface area (Å²) in [4.78, 5) is 11.9. The van der Waals surface area contributed by atoms with Crippen molar-refractivity contribution < 1.29 is 14.6 Å². The number of nitrogens with zero attached hydrogens (tertiary/aromatic N) is 1. The van der Waals surface area contributed by atoms with Crippen molar-refractivity contribution in [1.29, 1.82) is 0 Å². The number of thiophene rings is 1. The van der Waals surface area contributed by atoms with Gasteiger partial charge in [0.2, 0.25) is 0 Å². The Morgan fingerprint density at radius 1 is 1.42 bits per heavy atom. The molecule has 0 atom stereocenters. The summed E-state index contributed by atoms with van der Waals surface area (Å²) in [6.45, 7) is 0.